The van der Waals surface area contributed by atoms with E-state index in [9.17, 15) is 4.79 Å². The predicted molar refractivity (Wildman–Crippen MR) is 86.8 cm³/mol. The van der Waals surface area contributed by atoms with Crippen LogP contribution in [0.3, 0.4) is 0 Å². The number of carbonyl (C=O) groups is 1. The van der Waals surface area contributed by atoms with Crippen LogP contribution >= 0.6 is 0 Å². The lowest BCUT2D eigenvalue weighted by atomic mass is 10.2. The van der Waals surface area contributed by atoms with E-state index in [2.05, 4.69) is 29.2 Å². The highest BCUT2D eigenvalue weighted by Gasteiger charge is 2.21. The Morgan fingerprint density at radius 2 is 2.05 bits per heavy atom. The maximum absolute atomic E-state index is 11.9. The number of hydrogen-bond acceptors (Lipinski definition) is 4. The molecule has 0 aromatic heterocycles. The van der Waals surface area contributed by atoms with Gasteiger partial charge in [-0.05, 0) is 37.9 Å². The molecule has 1 unspecified atom stereocenters. The van der Waals surface area contributed by atoms with Crippen molar-refractivity contribution in [3.63, 3.8) is 0 Å². The summed E-state index contributed by atoms with van der Waals surface area (Å²) >= 11 is 0. The molecule has 1 fully saturated rings. The van der Waals surface area contributed by atoms with Crippen LogP contribution in [0.1, 0.15) is 5.56 Å². The molecule has 1 amide bonds. The largest absolute Gasteiger partial charge is 0.399 e. The van der Waals surface area contributed by atoms with Crippen molar-refractivity contribution in [2.75, 3.05) is 46.0 Å². The number of carbonyl (C=O) groups excluding carboxylic acids is 1. The average Bonchev–Trinajstić information content (AvgIpc) is 2.47. The standard InChI is InChI=1S/C16H24N4O/c1-19-9-10-20(2)15(12-19)11-18-16(21)8-5-13-3-6-14(17)7-4-13/h3-8,15H,9-12,17H2,1-2H3,(H,18,21)/b8-5+. The van der Waals surface area contributed by atoms with E-state index in [4.69, 9.17) is 5.73 Å². The van der Waals surface area contributed by atoms with Crippen LogP contribution in [0.25, 0.3) is 6.08 Å². The lowest BCUT2D eigenvalue weighted by Gasteiger charge is -2.37. The highest BCUT2D eigenvalue weighted by atomic mass is 16.1. The minimum Gasteiger partial charge on any atom is -0.399 e. The minimum absolute atomic E-state index is 0.0616. The zero-order valence-electron chi connectivity index (χ0n) is 12.7. The van der Waals surface area contributed by atoms with Crippen molar-refractivity contribution in [1.82, 2.24) is 15.1 Å². The van der Waals surface area contributed by atoms with Gasteiger partial charge < -0.3 is 16.0 Å². The van der Waals surface area contributed by atoms with Crippen LogP contribution < -0.4 is 11.1 Å². The van der Waals surface area contributed by atoms with Gasteiger partial charge in [-0.15, -0.1) is 0 Å². The SMILES string of the molecule is CN1CCN(C)C(CNC(=O)/C=C/c2ccc(N)cc2)C1. The summed E-state index contributed by atoms with van der Waals surface area (Å²) in [5.41, 5.74) is 7.31. The van der Waals surface area contributed by atoms with E-state index in [-0.39, 0.29) is 5.91 Å². The second-order valence-electron chi connectivity index (χ2n) is 5.64. The molecule has 0 aliphatic carbocycles. The fourth-order valence-electron chi connectivity index (χ4n) is 2.38. The van der Waals surface area contributed by atoms with Crippen molar-refractivity contribution in [3.8, 4) is 0 Å². The third-order valence-electron chi connectivity index (χ3n) is 3.86. The first kappa shape index (κ1) is 15.5. The number of nitrogens with one attached hydrogen (secondary N) is 1. The Morgan fingerprint density at radius 1 is 1.33 bits per heavy atom. The predicted octanol–water partition coefficient (Wildman–Crippen LogP) is 0.644. The molecule has 1 saturated heterocycles. The van der Waals surface area contributed by atoms with Crippen LogP contribution in [0.15, 0.2) is 30.3 Å². The highest BCUT2D eigenvalue weighted by Crippen LogP contribution is 2.07. The summed E-state index contributed by atoms with van der Waals surface area (Å²) in [6, 6.07) is 7.80. The monoisotopic (exact) mass is 288 g/mol. The Balaban J connectivity index is 1.80. The molecular weight excluding hydrogens is 264 g/mol. The van der Waals surface area contributed by atoms with Gasteiger partial charge in [-0.3, -0.25) is 9.69 Å². The Kier molecular flexibility index (Phi) is 5.36. The Hall–Kier alpha value is -1.85. The van der Waals surface area contributed by atoms with Gasteiger partial charge in [0.2, 0.25) is 5.91 Å². The second-order valence-corrected chi connectivity index (χ2v) is 5.64. The maximum Gasteiger partial charge on any atom is 0.244 e. The molecule has 1 aromatic rings. The van der Waals surface area contributed by atoms with Gasteiger partial charge in [-0.1, -0.05) is 12.1 Å². The fraction of sp³-hybridized carbons (Fsp3) is 0.438. The van der Waals surface area contributed by atoms with Crippen LogP contribution in [-0.4, -0.2) is 62.0 Å². The molecule has 5 nitrogen and oxygen atoms in total. The number of benzene rings is 1. The van der Waals surface area contributed by atoms with E-state index in [1.165, 1.54) is 0 Å². The summed E-state index contributed by atoms with van der Waals surface area (Å²) < 4.78 is 0. The van der Waals surface area contributed by atoms with E-state index in [0.29, 0.717) is 12.6 Å². The van der Waals surface area contributed by atoms with Crippen molar-refractivity contribution in [2.45, 2.75) is 6.04 Å². The Labute approximate surface area is 126 Å². The molecular formula is C16H24N4O. The highest BCUT2D eigenvalue weighted by molar-refractivity contribution is 5.91. The summed E-state index contributed by atoms with van der Waals surface area (Å²) in [5, 5.41) is 2.97. The van der Waals surface area contributed by atoms with Crippen LogP contribution in [0.5, 0.6) is 0 Å². The van der Waals surface area contributed by atoms with Gasteiger partial charge in [-0.25, -0.2) is 0 Å². The lowest BCUT2D eigenvalue weighted by Crippen LogP contribution is -2.54. The summed E-state index contributed by atoms with van der Waals surface area (Å²) in [6.07, 6.45) is 3.36. The zero-order chi connectivity index (χ0) is 15.2. The van der Waals surface area contributed by atoms with E-state index in [1.807, 2.05) is 24.3 Å². The van der Waals surface area contributed by atoms with Gasteiger partial charge in [-0.2, -0.15) is 0 Å². The topological polar surface area (TPSA) is 61.6 Å². The summed E-state index contributed by atoms with van der Waals surface area (Å²) in [5.74, 6) is -0.0616. The molecule has 1 aliphatic heterocycles. The molecule has 3 N–H and O–H groups in total. The molecule has 2 rings (SSSR count). The lowest BCUT2D eigenvalue weighted by molar-refractivity contribution is -0.116. The van der Waals surface area contributed by atoms with Gasteiger partial charge >= 0.3 is 0 Å². The molecule has 1 aliphatic rings. The number of nitrogens with two attached hydrogens (primary N) is 1. The van der Waals surface area contributed by atoms with Crippen molar-refractivity contribution in [1.29, 1.82) is 0 Å². The molecule has 0 saturated carbocycles. The van der Waals surface area contributed by atoms with Gasteiger partial charge in [0, 0.05) is 44.0 Å². The Morgan fingerprint density at radius 3 is 2.76 bits per heavy atom. The van der Waals surface area contributed by atoms with E-state index in [1.54, 1.807) is 12.2 Å². The van der Waals surface area contributed by atoms with Crippen LogP contribution in [0, 0.1) is 0 Å². The van der Waals surface area contributed by atoms with Gasteiger partial charge in [0.15, 0.2) is 0 Å². The number of nitrogens with zero attached hydrogens (tertiary/aromatic N) is 2. The molecule has 0 radical (unpaired) electrons. The number of hydrogen-bond donors (Lipinski definition) is 2. The normalized spacial score (nSPS) is 20.8. The van der Waals surface area contributed by atoms with Gasteiger partial charge in [0.25, 0.3) is 0 Å². The summed E-state index contributed by atoms with van der Waals surface area (Å²) in [6.45, 7) is 3.78. The smallest absolute Gasteiger partial charge is 0.244 e. The molecule has 0 spiro atoms. The third kappa shape index (κ3) is 4.88. The van der Waals surface area contributed by atoms with Crippen molar-refractivity contribution >= 4 is 17.7 Å². The zero-order valence-corrected chi connectivity index (χ0v) is 12.7. The van der Waals surface area contributed by atoms with E-state index >= 15 is 0 Å². The second kappa shape index (κ2) is 7.24. The van der Waals surface area contributed by atoms with E-state index in [0.717, 1.165) is 30.9 Å². The molecule has 114 valence electrons. The number of piperazine rings is 1. The third-order valence-corrected chi connectivity index (χ3v) is 3.86. The Bertz CT molecular complexity index is 498. The summed E-state index contributed by atoms with van der Waals surface area (Å²) in [4.78, 5) is 16.4. The average molecular weight is 288 g/mol. The fourth-order valence-corrected chi connectivity index (χ4v) is 2.38. The summed E-state index contributed by atoms with van der Waals surface area (Å²) in [7, 11) is 4.22. The maximum atomic E-state index is 11.9. The van der Waals surface area contributed by atoms with Crippen molar-refractivity contribution in [2.24, 2.45) is 0 Å². The van der Waals surface area contributed by atoms with Gasteiger partial charge in [0.05, 0.1) is 0 Å². The molecule has 0 bridgehead atoms. The molecule has 5 heteroatoms. The van der Waals surface area contributed by atoms with E-state index < -0.39 is 0 Å². The molecule has 1 atom stereocenters. The quantitative estimate of drug-likeness (QED) is 0.631. The van der Waals surface area contributed by atoms with Crippen molar-refractivity contribution < 1.29 is 4.79 Å². The minimum atomic E-state index is -0.0616. The molecule has 1 aromatic carbocycles. The number of nitrogen functional groups attached to an aromatic ring is 1. The molecule has 21 heavy (non-hydrogen) atoms. The number of rotatable bonds is 4. The first-order valence-corrected chi connectivity index (χ1v) is 7.25. The van der Waals surface area contributed by atoms with Crippen LogP contribution in [-0.2, 0) is 4.79 Å². The first-order chi connectivity index (χ1) is 10.0. The first-order valence-electron chi connectivity index (χ1n) is 7.25. The van der Waals surface area contributed by atoms with Crippen LogP contribution in [0.4, 0.5) is 5.69 Å². The number of anilines is 1. The van der Waals surface area contributed by atoms with Gasteiger partial charge in [0.1, 0.15) is 0 Å². The number of amides is 1. The molecule has 1 heterocycles. The number of likely N-dealkylation sites (N-methyl/N-ethyl adjacent to an activating group) is 2. The van der Waals surface area contributed by atoms with Crippen molar-refractivity contribution in [3.05, 3.63) is 35.9 Å². The van der Waals surface area contributed by atoms with Crippen LogP contribution in [0.2, 0.25) is 0 Å².